The van der Waals surface area contributed by atoms with Gasteiger partial charge in [-0.15, -0.1) is 0 Å². The van der Waals surface area contributed by atoms with Crippen molar-refractivity contribution in [2.24, 2.45) is 0 Å². The summed E-state index contributed by atoms with van der Waals surface area (Å²) in [6, 6.07) is 23.4. The maximum atomic E-state index is 14.6. The minimum Gasteiger partial charge on any atom is -0.347 e. The molecule has 2 bridgehead atoms. The van der Waals surface area contributed by atoms with Gasteiger partial charge in [-0.1, -0.05) is 0 Å². The highest BCUT2D eigenvalue weighted by molar-refractivity contribution is 6.27. The highest BCUT2D eigenvalue weighted by atomic mass is 16.8. The predicted octanol–water partition coefficient (Wildman–Crippen LogP) is 3.60. The third-order valence-corrected chi connectivity index (χ3v) is 9.16. The number of hydrogen-bond donors (Lipinski definition) is 0. The molecule has 0 N–H and O–H groups in total. The molecule has 3 fully saturated rings. The Morgan fingerprint density at radius 3 is 1.83 bits per heavy atom. The zero-order chi connectivity index (χ0) is 36.3. The summed E-state index contributed by atoms with van der Waals surface area (Å²) in [6.45, 7) is 3.57. The summed E-state index contributed by atoms with van der Waals surface area (Å²) >= 11 is 0. The number of carbonyl (C=O) groups is 3. The quantitative estimate of drug-likeness (QED) is 0.281. The lowest BCUT2D eigenvalue weighted by Crippen LogP contribution is -2.55. The molecule has 0 aliphatic carbocycles. The smallest absolute Gasteiger partial charge is 0.266 e. The number of carbonyl (C=O) groups excluding carboxylic acids is 3. The fourth-order valence-electron chi connectivity index (χ4n) is 6.81. The third kappa shape index (κ3) is 5.22. The van der Waals surface area contributed by atoms with Crippen molar-refractivity contribution in [1.29, 1.82) is 15.8 Å². The Labute approximate surface area is 296 Å². The van der Waals surface area contributed by atoms with Crippen molar-refractivity contribution in [3.63, 3.8) is 0 Å². The summed E-state index contributed by atoms with van der Waals surface area (Å²) in [5.41, 5.74) is 1.15. The summed E-state index contributed by atoms with van der Waals surface area (Å²) < 4.78 is 25.3. The molecule has 15 heteroatoms. The number of benzene rings is 3. The van der Waals surface area contributed by atoms with Crippen molar-refractivity contribution in [1.82, 2.24) is 9.97 Å². The number of ether oxygens (including phenoxy) is 4. The van der Waals surface area contributed by atoms with Gasteiger partial charge in [-0.2, -0.15) is 15.8 Å². The van der Waals surface area contributed by atoms with Crippen LogP contribution in [0.5, 0.6) is 0 Å². The van der Waals surface area contributed by atoms with Crippen LogP contribution in [0.4, 0.5) is 17.3 Å². The van der Waals surface area contributed by atoms with E-state index in [4.69, 9.17) is 18.9 Å². The molecule has 0 unspecified atom stereocenters. The van der Waals surface area contributed by atoms with Gasteiger partial charge >= 0.3 is 0 Å². The SMILES string of the molecule is CC1(C)O[C@@H]2[C@H](O1)[C@H]1CO[C@H]3N(C(=O)c4ccc(C#N)cc4)c4c(N(C(=O)c5ccc(C#N)cc5)C(=O)c5ccc(C#N)cc5)ncnc4N3[C@@H]2O1. The first kappa shape index (κ1) is 32.7. The molecule has 0 saturated carbocycles. The van der Waals surface area contributed by atoms with E-state index >= 15 is 0 Å². The Balaban J connectivity index is 1.32. The molecular weight excluding hydrogens is 668 g/mol. The van der Waals surface area contributed by atoms with Crippen molar-refractivity contribution in [3.8, 4) is 18.2 Å². The Kier molecular flexibility index (Phi) is 7.75. The molecule has 3 amide bonds. The van der Waals surface area contributed by atoms with Crippen LogP contribution in [0.2, 0.25) is 0 Å². The van der Waals surface area contributed by atoms with Gasteiger partial charge < -0.3 is 18.9 Å². The Morgan fingerprint density at radius 2 is 1.29 bits per heavy atom. The van der Waals surface area contributed by atoms with Gasteiger partial charge in [0, 0.05) is 16.7 Å². The zero-order valence-corrected chi connectivity index (χ0v) is 27.5. The van der Waals surface area contributed by atoms with Gasteiger partial charge in [0.2, 0.25) is 6.35 Å². The van der Waals surface area contributed by atoms with Gasteiger partial charge in [0.1, 0.15) is 30.3 Å². The predicted molar refractivity (Wildman–Crippen MR) is 178 cm³/mol. The van der Waals surface area contributed by atoms with Crippen molar-refractivity contribution in [3.05, 3.63) is 113 Å². The molecule has 8 rings (SSSR count). The lowest BCUT2D eigenvalue weighted by Gasteiger charge is -2.34. The van der Waals surface area contributed by atoms with Crippen LogP contribution in [0.15, 0.2) is 79.1 Å². The molecule has 4 aliphatic rings. The fraction of sp³-hybridized carbons (Fsp3) is 0.243. The van der Waals surface area contributed by atoms with E-state index in [1.54, 1.807) is 18.7 Å². The van der Waals surface area contributed by atoms with Crippen LogP contribution < -0.4 is 14.7 Å². The topological polar surface area (TPSA) is 195 Å². The fourth-order valence-corrected chi connectivity index (χ4v) is 6.81. The minimum absolute atomic E-state index is 0.00969. The number of fused-ring (bicyclic) bond motifs is 9. The van der Waals surface area contributed by atoms with Crippen molar-refractivity contribution < 1.29 is 33.3 Å². The van der Waals surface area contributed by atoms with Gasteiger partial charge in [0.25, 0.3) is 17.7 Å². The summed E-state index contributed by atoms with van der Waals surface area (Å²) in [4.78, 5) is 56.3. The molecular formula is C37H26N8O7. The Bertz CT molecular complexity index is 2190. The van der Waals surface area contributed by atoms with Crippen LogP contribution >= 0.6 is 0 Å². The van der Waals surface area contributed by atoms with Gasteiger partial charge in [-0.3, -0.25) is 24.2 Å². The number of rotatable bonds is 4. The summed E-state index contributed by atoms with van der Waals surface area (Å²) in [5, 5.41) is 28.1. The highest BCUT2D eigenvalue weighted by Crippen LogP contribution is 2.51. The molecule has 15 nitrogen and oxygen atoms in total. The van der Waals surface area contributed by atoms with Gasteiger partial charge in [-0.25, -0.2) is 14.9 Å². The largest absolute Gasteiger partial charge is 0.347 e. The van der Waals surface area contributed by atoms with Crippen LogP contribution in [0.25, 0.3) is 0 Å². The standard InChI is InChI=1S/C37H26N8O7/c1-37(2)51-28-26-18-49-36-43(32(46)23-9-3-20(15-38)4-10-23)27-30(41-19-42-31(27)45(36)35(50-26)29(28)52-37)44(33(47)24-11-5-21(16-39)6-12-24)34(48)25-13-7-22(17-40)8-14-25/h3-14,19,26,28-29,35-36H,18H2,1-2H3/t26-,28-,29-,35-,36+/m1/s1. The normalized spacial score (nSPS) is 23.2. The van der Waals surface area contributed by atoms with Crippen LogP contribution in [0, 0.1) is 34.0 Å². The number of anilines is 3. The average molecular weight is 695 g/mol. The van der Waals surface area contributed by atoms with E-state index in [2.05, 4.69) is 9.97 Å². The lowest BCUT2D eigenvalue weighted by atomic mass is 10.1. The van der Waals surface area contributed by atoms with Gasteiger partial charge in [0.15, 0.2) is 23.7 Å². The first-order valence-corrected chi connectivity index (χ1v) is 16.1. The average Bonchev–Trinajstić information content (AvgIpc) is 3.73. The number of nitriles is 3. The van der Waals surface area contributed by atoms with E-state index in [0.29, 0.717) is 16.7 Å². The van der Waals surface area contributed by atoms with Crippen molar-refractivity contribution in [2.75, 3.05) is 21.3 Å². The molecule has 4 aliphatic heterocycles. The number of amides is 3. The van der Waals surface area contributed by atoms with Gasteiger partial charge in [-0.05, 0) is 86.6 Å². The molecule has 3 aromatic carbocycles. The van der Waals surface area contributed by atoms with E-state index in [-0.39, 0.29) is 40.6 Å². The van der Waals surface area contributed by atoms with Crippen LogP contribution in [-0.4, -0.2) is 71.0 Å². The first-order chi connectivity index (χ1) is 25.1. The molecule has 4 aromatic rings. The summed E-state index contributed by atoms with van der Waals surface area (Å²) in [7, 11) is 0. The maximum Gasteiger partial charge on any atom is 0.266 e. The first-order valence-electron chi connectivity index (χ1n) is 16.1. The lowest BCUT2D eigenvalue weighted by molar-refractivity contribution is -0.186. The summed E-state index contributed by atoms with van der Waals surface area (Å²) in [6.07, 6.45) is -2.58. The van der Waals surface area contributed by atoms with Crippen LogP contribution in [0.3, 0.4) is 0 Å². The number of nitrogens with zero attached hydrogens (tertiary/aromatic N) is 8. The van der Waals surface area contributed by atoms with Gasteiger partial charge in [0.05, 0.1) is 41.5 Å². The molecule has 0 radical (unpaired) electrons. The van der Waals surface area contributed by atoms with E-state index in [0.717, 1.165) is 11.2 Å². The van der Waals surface area contributed by atoms with E-state index in [1.165, 1.54) is 77.7 Å². The minimum atomic E-state index is -1.20. The second kappa shape index (κ2) is 12.3. The molecule has 5 heterocycles. The Morgan fingerprint density at radius 1 is 0.769 bits per heavy atom. The maximum absolute atomic E-state index is 14.6. The third-order valence-electron chi connectivity index (χ3n) is 9.16. The van der Waals surface area contributed by atoms with Crippen molar-refractivity contribution in [2.45, 2.75) is 50.5 Å². The number of imide groups is 1. The second-order valence-electron chi connectivity index (χ2n) is 12.8. The van der Waals surface area contributed by atoms with E-state index in [9.17, 15) is 30.2 Å². The van der Waals surface area contributed by atoms with Crippen LogP contribution in [0.1, 0.15) is 61.6 Å². The van der Waals surface area contributed by atoms with Crippen LogP contribution in [-0.2, 0) is 18.9 Å². The monoisotopic (exact) mass is 694 g/mol. The van der Waals surface area contributed by atoms with E-state index < -0.39 is 54.4 Å². The molecule has 256 valence electrons. The molecule has 1 aromatic heterocycles. The van der Waals surface area contributed by atoms with E-state index in [1.807, 2.05) is 18.2 Å². The molecule has 5 atom stereocenters. The highest BCUT2D eigenvalue weighted by Gasteiger charge is 2.63. The number of hydrogen-bond acceptors (Lipinski definition) is 13. The summed E-state index contributed by atoms with van der Waals surface area (Å²) in [5.74, 6) is -3.32. The van der Waals surface area contributed by atoms with Crippen molar-refractivity contribution >= 4 is 35.0 Å². The Hall–Kier alpha value is -6.54. The number of aromatic nitrogens is 2. The second-order valence-corrected chi connectivity index (χ2v) is 12.8. The molecule has 3 saturated heterocycles. The molecule has 0 spiro atoms. The zero-order valence-electron chi connectivity index (χ0n) is 27.5. The molecule has 52 heavy (non-hydrogen) atoms.